The van der Waals surface area contributed by atoms with Crippen LogP contribution in [0.1, 0.15) is 86.7 Å². The first-order valence-corrected chi connectivity index (χ1v) is 12.0. The normalized spacial score (nSPS) is 14.6. The number of hydrogen-bond donors (Lipinski definition) is 3. The number of allylic oxidation sites excluding steroid dienone is 6. The Kier molecular flexibility index (Phi) is 8.11. The van der Waals surface area contributed by atoms with Gasteiger partial charge in [0.2, 0.25) is 0 Å². The van der Waals surface area contributed by atoms with E-state index >= 15 is 0 Å². The van der Waals surface area contributed by atoms with E-state index < -0.39 is 6.10 Å². The van der Waals surface area contributed by atoms with E-state index in [2.05, 4.69) is 6.08 Å². The maximum Gasteiger partial charge on any atom is 0.174 e. The summed E-state index contributed by atoms with van der Waals surface area (Å²) in [6.07, 6.45) is 6.55. The molecule has 1 aliphatic rings. The summed E-state index contributed by atoms with van der Waals surface area (Å²) in [5.74, 6) is -0.330. The molecule has 0 aliphatic carbocycles. The maximum atomic E-state index is 13.3. The van der Waals surface area contributed by atoms with Crippen molar-refractivity contribution in [2.45, 2.75) is 73.3 Å². The zero-order valence-corrected chi connectivity index (χ0v) is 21.5. The number of fused-ring (bicyclic) bond motifs is 1. The van der Waals surface area contributed by atoms with Crippen LogP contribution in [0, 0.1) is 0 Å². The minimum absolute atomic E-state index is 0.0175. The van der Waals surface area contributed by atoms with Crippen molar-refractivity contribution in [1.82, 2.24) is 0 Å². The quantitative estimate of drug-likeness (QED) is 0.373. The molecule has 0 amide bonds. The molecular weight excluding hydrogens is 440 g/mol. The summed E-state index contributed by atoms with van der Waals surface area (Å²) in [6.45, 7) is 11.8. The van der Waals surface area contributed by atoms with Crippen molar-refractivity contribution in [2.24, 2.45) is 0 Å². The third-order valence-corrected chi connectivity index (χ3v) is 6.12. The van der Waals surface area contributed by atoms with Crippen LogP contribution in [0.5, 0.6) is 23.0 Å². The predicted molar refractivity (Wildman–Crippen MR) is 140 cm³/mol. The van der Waals surface area contributed by atoms with Crippen molar-refractivity contribution in [3.05, 3.63) is 81.0 Å². The van der Waals surface area contributed by atoms with Crippen molar-refractivity contribution in [2.75, 3.05) is 0 Å². The molecule has 0 saturated heterocycles. The molecule has 2 aromatic rings. The lowest BCUT2D eigenvalue weighted by molar-refractivity contribution is 0.0839. The van der Waals surface area contributed by atoms with Crippen molar-refractivity contribution in [1.29, 1.82) is 0 Å². The number of phenols is 3. The molecule has 0 saturated carbocycles. The van der Waals surface area contributed by atoms with E-state index in [9.17, 15) is 20.1 Å². The van der Waals surface area contributed by atoms with Gasteiger partial charge < -0.3 is 20.1 Å². The molecular formula is C30H36O5. The Morgan fingerprint density at radius 1 is 0.857 bits per heavy atom. The molecule has 1 atom stereocenters. The van der Waals surface area contributed by atoms with E-state index in [4.69, 9.17) is 4.74 Å². The number of rotatable bonds is 7. The van der Waals surface area contributed by atoms with Crippen LogP contribution < -0.4 is 4.74 Å². The highest BCUT2D eigenvalue weighted by molar-refractivity contribution is 6.04. The fourth-order valence-corrected chi connectivity index (χ4v) is 4.13. The van der Waals surface area contributed by atoms with Crippen molar-refractivity contribution >= 4 is 5.78 Å². The Hall–Kier alpha value is -3.47. The van der Waals surface area contributed by atoms with Gasteiger partial charge in [0.05, 0.1) is 6.42 Å². The van der Waals surface area contributed by atoms with E-state index in [-0.39, 0.29) is 40.8 Å². The van der Waals surface area contributed by atoms with E-state index in [1.165, 1.54) is 5.57 Å². The largest absolute Gasteiger partial charge is 0.508 e. The van der Waals surface area contributed by atoms with Crippen LogP contribution in [0.3, 0.4) is 0 Å². The van der Waals surface area contributed by atoms with Crippen LogP contribution in [0.4, 0.5) is 0 Å². The molecule has 0 spiro atoms. The van der Waals surface area contributed by atoms with Gasteiger partial charge in [0.25, 0.3) is 0 Å². The van der Waals surface area contributed by atoms with Gasteiger partial charge >= 0.3 is 0 Å². The second-order valence-electron chi connectivity index (χ2n) is 9.94. The van der Waals surface area contributed by atoms with Crippen LogP contribution >= 0.6 is 0 Å². The monoisotopic (exact) mass is 476 g/mol. The molecule has 0 radical (unpaired) electrons. The topological polar surface area (TPSA) is 87.0 Å². The number of carbonyl (C=O) groups is 1. The number of ether oxygens (including phenoxy) is 1. The Balaban J connectivity index is 2.09. The fourth-order valence-electron chi connectivity index (χ4n) is 4.13. The van der Waals surface area contributed by atoms with Crippen LogP contribution in [-0.4, -0.2) is 21.1 Å². The molecule has 1 unspecified atom stereocenters. The lowest BCUT2D eigenvalue weighted by Gasteiger charge is -2.30. The van der Waals surface area contributed by atoms with Gasteiger partial charge in [0.1, 0.15) is 34.7 Å². The second kappa shape index (κ2) is 10.9. The van der Waals surface area contributed by atoms with Gasteiger partial charge in [-0.2, -0.15) is 0 Å². The minimum Gasteiger partial charge on any atom is -0.508 e. The molecule has 186 valence electrons. The fraction of sp³-hybridized carbons (Fsp3) is 0.367. The van der Waals surface area contributed by atoms with Crippen LogP contribution in [0.25, 0.3) is 0 Å². The molecule has 1 aliphatic heterocycles. The summed E-state index contributed by atoms with van der Waals surface area (Å²) in [5, 5.41) is 32.9. The molecule has 3 rings (SSSR count). The van der Waals surface area contributed by atoms with E-state index in [0.29, 0.717) is 36.0 Å². The number of ketones is 1. The van der Waals surface area contributed by atoms with Crippen molar-refractivity contribution in [3.63, 3.8) is 0 Å². The van der Waals surface area contributed by atoms with Gasteiger partial charge in [-0.25, -0.2) is 0 Å². The number of phenolic OH excluding ortho intramolecular Hbond substituents is 3. The summed E-state index contributed by atoms with van der Waals surface area (Å²) in [7, 11) is 0. The average Bonchev–Trinajstić information content (AvgIpc) is 2.76. The van der Waals surface area contributed by atoms with Crippen molar-refractivity contribution in [3.8, 4) is 23.0 Å². The van der Waals surface area contributed by atoms with Gasteiger partial charge in [-0.3, -0.25) is 4.79 Å². The minimum atomic E-state index is -0.722. The average molecular weight is 477 g/mol. The summed E-state index contributed by atoms with van der Waals surface area (Å²) in [5.41, 5.74) is 5.65. The highest BCUT2D eigenvalue weighted by atomic mass is 16.5. The molecule has 35 heavy (non-hydrogen) atoms. The molecule has 5 nitrogen and oxygen atoms in total. The Morgan fingerprint density at radius 3 is 2.00 bits per heavy atom. The molecule has 2 aromatic carbocycles. The van der Waals surface area contributed by atoms with Crippen LogP contribution in [0.2, 0.25) is 0 Å². The first kappa shape index (κ1) is 26.1. The number of benzene rings is 2. The smallest absolute Gasteiger partial charge is 0.174 e. The van der Waals surface area contributed by atoms with Crippen LogP contribution in [0.15, 0.2) is 53.1 Å². The maximum absolute atomic E-state index is 13.3. The van der Waals surface area contributed by atoms with Gasteiger partial charge in [0.15, 0.2) is 5.78 Å². The summed E-state index contributed by atoms with van der Waals surface area (Å²) >= 11 is 0. The first-order valence-electron chi connectivity index (χ1n) is 12.0. The number of Topliss-reactive ketones (excluding diaryl/α,β-unsaturated/α-hetero) is 1. The number of hydrogen-bond acceptors (Lipinski definition) is 5. The first-order chi connectivity index (χ1) is 16.5. The zero-order chi connectivity index (χ0) is 25.9. The number of aromatic hydroxyl groups is 3. The molecule has 1 heterocycles. The highest BCUT2D eigenvalue weighted by Gasteiger charge is 2.36. The van der Waals surface area contributed by atoms with Crippen LogP contribution in [-0.2, 0) is 19.3 Å². The third-order valence-electron chi connectivity index (χ3n) is 6.12. The molecule has 3 N–H and O–H groups in total. The molecule has 0 bridgehead atoms. The number of carbonyl (C=O) groups excluding carboxylic acids is 1. The standard InChI is InChI=1S/C30H36O5/c1-17(2)7-10-20-11-14-21(24(31)15-20)26-16-25(32)27-29(34)22(12-8-18(3)4)28(33)23(30(27)35-26)13-9-19(5)6/h7-9,11,14-15,26,31,33-34H,10,12-13,16H2,1-6H3. The lowest BCUT2D eigenvalue weighted by atomic mass is 9.88. The summed E-state index contributed by atoms with van der Waals surface area (Å²) < 4.78 is 6.26. The van der Waals surface area contributed by atoms with Gasteiger partial charge in [-0.15, -0.1) is 0 Å². The summed E-state index contributed by atoms with van der Waals surface area (Å²) in [6, 6.07) is 5.39. The SMILES string of the molecule is CC(C)=CCc1ccc(C2CC(=O)c3c(O)c(CC=C(C)C)c(O)c(CC=C(C)C)c3O2)c(O)c1. The van der Waals surface area contributed by atoms with E-state index in [1.54, 1.807) is 12.1 Å². The Morgan fingerprint density at radius 2 is 1.43 bits per heavy atom. The lowest BCUT2D eigenvalue weighted by Crippen LogP contribution is -2.22. The predicted octanol–water partition coefficient (Wildman–Crippen LogP) is 7.04. The van der Waals surface area contributed by atoms with Gasteiger partial charge in [0, 0.05) is 16.7 Å². The zero-order valence-electron chi connectivity index (χ0n) is 21.5. The molecule has 5 heteroatoms. The van der Waals surface area contributed by atoms with Crippen molar-refractivity contribution < 1.29 is 24.9 Å². The Labute approximate surface area is 208 Å². The third kappa shape index (κ3) is 5.97. The summed E-state index contributed by atoms with van der Waals surface area (Å²) in [4.78, 5) is 13.3. The second-order valence-corrected chi connectivity index (χ2v) is 9.94. The van der Waals surface area contributed by atoms with Gasteiger partial charge in [-0.05, 0) is 72.4 Å². The highest BCUT2D eigenvalue weighted by Crippen LogP contribution is 2.49. The van der Waals surface area contributed by atoms with E-state index in [1.807, 2.05) is 59.8 Å². The Bertz CT molecular complexity index is 1220. The van der Waals surface area contributed by atoms with Gasteiger partial charge in [-0.1, -0.05) is 47.1 Å². The molecule has 0 aromatic heterocycles. The molecule has 0 fully saturated rings. The van der Waals surface area contributed by atoms with E-state index in [0.717, 1.165) is 16.7 Å².